The number of halogens is 1. The average Bonchev–Trinajstić information content (AvgIpc) is 2.64. The van der Waals surface area contributed by atoms with Crippen LogP contribution < -0.4 is 10.8 Å². The van der Waals surface area contributed by atoms with Crippen molar-refractivity contribution in [2.24, 2.45) is 0 Å². The first-order valence-electron chi connectivity index (χ1n) is 5.78. The Hall–Kier alpha value is -1.85. The SMILES string of the molecule is Cc1nn(-c2cccc(Cl)c2)c(C)c1[C@H]([NH3+])C(=O)[O-]. The molecule has 0 aliphatic heterocycles. The summed E-state index contributed by atoms with van der Waals surface area (Å²) < 4.78 is 1.66. The first kappa shape index (κ1) is 13.6. The molecule has 3 N–H and O–H groups in total. The van der Waals surface area contributed by atoms with Gasteiger partial charge in [0.1, 0.15) is 5.97 Å². The van der Waals surface area contributed by atoms with E-state index in [0.29, 0.717) is 16.3 Å². The molecule has 0 aliphatic carbocycles. The zero-order valence-electron chi connectivity index (χ0n) is 10.7. The molecule has 0 saturated carbocycles. The molecule has 100 valence electrons. The van der Waals surface area contributed by atoms with Crippen molar-refractivity contribution in [2.45, 2.75) is 19.9 Å². The van der Waals surface area contributed by atoms with E-state index in [1.54, 1.807) is 30.7 Å². The Morgan fingerprint density at radius 3 is 2.74 bits per heavy atom. The van der Waals surface area contributed by atoms with Crippen LogP contribution in [0.4, 0.5) is 0 Å². The normalized spacial score (nSPS) is 12.4. The van der Waals surface area contributed by atoms with Crippen molar-refractivity contribution in [1.29, 1.82) is 0 Å². The molecule has 0 saturated heterocycles. The average molecular weight is 280 g/mol. The number of hydrogen-bond donors (Lipinski definition) is 1. The number of aromatic nitrogens is 2. The molecule has 0 fully saturated rings. The first-order valence-corrected chi connectivity index (χ1v) is 6.15. The van der Waals surface area contributed by atoms with Gasteiger partial charge in [0.2, 0.25) is 0 Å². The largest absolute Gasteiger partial charge is 0.544 e. The zero-order chi connectivity index (χ0) is 14.2. The van der Waals surface area contributed by atoms with E-state index in [9.17, 15) is 9.90 Å². The van der Waals surface area contributed by atoms with Gasteiger partial charge in [0.15, 0.2) is 6.04 Å². The van der Waals surface area contributed by atoms with Crippen molar-refractivity contribution >= 4 is 17.6 Å². The third-order valence-electron chi connectivity index (χ3n) is 3.03. The van der Waals surface area contributed by atoms with Gasteiger partial charge in [0, 0.05) is 5.02 Å². The maximum absolute atomic E-state index is 11.0. The Bertz CT molecular complexity index is 637. The Morgan fingerprint density at radius 2 is 2.16 bits per heavy atom. The van der Waals surface area contributed by atoms with Gasteiger partial charge < -0.3 is 15.6 Å². The van der Waals surface area contributed by atoms with Crippen LogP contribution in [-0.4, -0.2) is 15.7 Å². The maximum atomic E-state index is 11.0. The maximum Gasteiger partial charge on any atom is 0.154 e. The lowest BCUT2D eigenvalue weighted by atomic mass is 10.1. The number of carbonyl (C=O) groups excluding carboxylic acids is 1. The summed E-state index contributed by atoms with van der Waals surface area (Å²) in [7, 11) is 0. The van der Waals surface area contributed by atoms with Gasteiger partial charge in [-0.3, -0.25) is 0 Å². The lowest BCUT2D eigenvalue weighted by molar-refractivity contribution is -0.443. The van der Waals surface area contributed by atoms with Crippen molar-refractivity contribution < 1.29 is 15.6 Å². The number of hydrogen-bond acceptors (Lipinski definition) is 3. The Labute approximate surface area is 115 Å². The molecule has 6 heteroatoms. The summed E-state index contributed by atoms with van der Waals surface area (Å²) in [6.45, 7) is 3.56. The fourth-order valence-electron chi connectivity index (χ4n) is 2.14. The van der Waals surface area contributed by atoms with Crippen LogP contribution in [0.2, 0.25) is 5.02 Å². The van der Waals surface area contributed by atoms with Crippen molar-refractivity contribution in [3.05, 3.63) is 46.2 Å². The van der Waals surface area contributed by atoms with Gasteiger partial charge in [-0.05, 0) is 32.0 Å². The molecule has 0 amide bonds. The van der Waals surface area contributed by atoms with Gasteiger partial charge in [-0.15, -0.1) is 0 Å². The van der Waals surface area contributed by atoms with Crippen molar-refractivity contribution in [1.82, 2.24) is 9.78 Å². The van der Waals surface area contributed by atoms with Crippen LogP contribution in [0.1, 0.15) is 23.0 Å². The number of carbonyl (C=O) groups is 1. The molecule has 1 aromatic heterocycles. The van der Waals surface area contributed by atoms with Crippen LogP contribution in [0.3, 0.4) is 0 Å². The van der Waals surface area contributed by atoms with Gasteiger partial charge in [-0.25, -0.2) is 4.68 Å². The molecule has 0 bridgehead atoms. The van der Waals surface area contributed by atoms with Crippen LogP contribution in [0.25, 0.3) is 5.69 Å². The van der Waals surface area contributed by atoms with E-state index in [-0.39, 0.29) is 0 Å². The molecule has 0 aliphatic rings. The molecule has 1 atom stereocenters. The van der Waals surface area contributed by atoms with Crippen LogP contribution in [-0.2, 0) is 4.79 Å². The predicted octanol–water partition coefficient (Wildman–Crippen LogP) is 0.175. The number of rotatable bonds is 3. The lowest BCUT2D eigenvalue weighted by Gasteiger charge is -2.10. The third-order valence-corrected chi connectivity index (χ3v) is 3.27. The topological polar surface area (TPSA) is 85.6 Å². The second kappa shape index (κ2) is 5.03. The van der Waals surface area contributed by atoms with Crippen LogP contribution in [0.5, 0.6) is 0 Å². The predicted molar refractivity (Wildman–Crippen MR) is 68.7 cm³/mol. The fraction of sp³-hybridized carbons (Fsp3) is 0.231. The number of benzene rings is 1. The monoisotopic (exact) mass is 279 g/mol. The highest BCUT2D eigenvalue weighted by Crippen LogP contribution is 2.23. The second-order valence-corrected chi connectivity index (χ2v) is 4.78. The summed E-state index contributed by atoms with van der Waals surface area (Å²) in [6.07, 6.45) is 0. The highest BCUT2D eigenvalue weighted by molar-refractivity contribution is 6.30. The third kappa shape index (κ3) is 2.47. The van der Waals surface area contributed by atoms with E-state index in [4.69, 9.17) is 11.6 Å². The molecular formula is C13H14ClN3O2. The minimum Gasteiger partial charge on any atom is -0.544 e. The number of aliphatic carboxylic acids is 1. The molecule has 1 aromatic carbocycles. The van der Waals surface area contributed by atoms with Crippen molar-refractivity contribution in [3.8, 4) is 5.69 Å². The van der Waals surface area contributed by atoms with Crippen molar-refractivity contribution in [3.63, 3.8) is 0 Å². The number of carboxylic acid groups (broad SMARTS) is 1. The minimum atomic E-state index is -1.21. The van der Waals surface area contributed by atoms with Crippen LogP contribution in [0.15, 0.2) is 24.3 Å². The summed E-state index contributed by atoms with van der Waals surface area (Å²) in [4.78, 5) is 11.0. The lowest BCUT2D eigenvalue weighted by Crippen LogP contribution is -2.61. The molecular weight excluding hydrogens is 266 g/mol. The van der Waals surface area contributed by atoms with Gasteiger partial charge in [-0.2, -0.15) is 5.10 Å². The first-order chi connectivity index (χ1) is 8.91. The fourth-order valence-corrected chi connectivity index (χ4v) is 2.32. The molecule has 0 radical (unpaired) electrons. The van der Waals surface area contributed by atoms with E-state index in [1.807, 2.05) is 12.1 Å². The van der Waals surface area contributed by atoms with Crippen LogP contribution in [0, 0.1) is 13.8 Å². The number of carboxylic acids is 1. The Kier molecular flexibility index (Phi) is 3.59. The van der Waals surface area contributed by atoms with E-state index < -0.39 is 12.0 Å². The smallest absolute Gasteiger partial charge is 0.154 e. The van der Waals surface area contributed by atoms with Gasteiger partial charge >= 0.3 is 0 Å². The summed E-state index contributed by atoms with van der Waals surface area (Å²) >= 11 is 5.95. The molecule has 0 spiro atoms. The Balaban J connectivity index is 2.56. The van der Waals surface area contributed by atoms with Crippen LogP contribution >= 0.6 is 11.6 Å². The van der Waals surface area contributed by atoms with E-state index >= 15 is 0 Å². The molecule has 2 rings (SSSR count). The van der Waals surface area contributed by atoms with Gasteiger partial charge in [-0.1, -0.05) is 17.7 Å². The highest BCUT2D eigenvalue weighted by Gasteiger charge is 2.22. The van der Waals surface area contributed by atoms with E-state index in [1.165, 1.54) is 0 Å². The zero-order valence-corrected chi connectivity index (χ0v) is 11.4. The highest BCUT2D eigenvalue weighted by atomic mass is 35.5. The quantitative estimate of drug-likeness (QED) is 0.869. The van der Waals surface area contributed by atoms with E-state index in [2.05, 4.69) is 10.8 Å². The van der Waals surface area contributed by atoms with Gasteiger partial charge in [0.25, 0.3) is 0 Å². The molecule has 19 heavy (non-hydrogen) atoms. The van der Waals surface area contributed by atoms with Crippen molar-refractivity contribution in [2.75, 3.05) is 0 Å². The standard InChI is InChI=1S/C13H14ClN3O2/c1-7-11(12(15)13(18)19)8(2)17(16-7)10-5-3-4-9(14)6-10/h3-6,12H,15H2,1-2H3,(H,18,19)/t12-/m0/s1. The second-order valence-electron chi connectivity index (χ2n) is 4.35. The number of quaternary nitrogens is 1. The summed E-state index contributed by atoms with van der Waals surface area (Å²) in [5.74, 6) is -1.21. The summed E-state index contributed by atoms with van der Waals surface area (Å²) in [5, 5.41) is 15.9. The molecule has 2 aromatic rings. The summed E-state index contributed by atoms with van der Waals surface area (Å²) in [5.41, 5.74) is 6.33. The molecule has 1 heterocycles. The molecule has 5 nitrogen and oxygen atoms in total. The Morgan fingerprint density at radius 1 is 1.47 bits per heavy atom. The molecule has 0 unspecified atom stereocenters. The number of nitrogens with zero attached hydrogens (tertiary/aromatic N) is 2. The minimum absolute atomic E-state index is 0.583. The number of aryl methyl sites for hydroxylation is 1. The summed E-state index contributed by atoms with van der Waals surface area (Å²) in [6, 6.07) is 6.26. The van der Waals surface area contributed by atoms with E-state index in [0.717, 1.165) is 11.4 Å². The van der Waals surface area contributed by atoms with Gasteiger partial charge in [0.05, 0.1) is 22.6 Å².